The molecule has 3 heteroatoms. The minimum Gasteiger partial charge on any atom is -0.353 e. The first kappa shape index (κ1) is 15.4. The highest BCUT2D eigenvalue weighted by molar-refractivity contribution is 5.79. The average molecular weight is 228 g/mol. The van der Waals surface area contributed by atoms with Crippen LogP contribution in [0.4, 0.5) is 0 Å². The molecule has 0 spiro atoms. The Morgan fingerprint density at radius 2 is 1.75 bits per heavy atom. The molecule has 0 aliphatic carbocycles. The Morgan fingerprint density at radius 3 is 2.06 bits per heavy atom. The summed E-state index contributed by atoms with van der Waals surface area (Å²) < 4.78 is 0. The predicted molar refractivity (Wildman–Crippen MR) is 69.1 cm³/mol. The van der Waals surface area contributed by atoms with E-state index in [-0.39, 0.29) is 23.3 Å². The zero-order valence-corrected chi connectivity index (χ0v) is 11.6. The maximum absolute atomic E-state index is 12.0. The van der Waals surface area contributed by atoms with Gasteiger partial charge in [0.2, 0.25) is 5.91 Å². The Balaban J connectivity index is 4.32. The fraction of sp³-hybridized carbons (Fsp3) is 0.923. The molecule has 0 aliphatic rings. The van der Waals surface area contributed by atoms with Gasteiger partial charge in [0, 0.05) is 12.6 Å². The van der Waals surface area contributed by atoms with Crippen molar-refractivity contribution in [3.8, 4) is 0 Å². The van der Waals surface area contributed by atoms with Crippen LogP contribution in [0.15, 0.2) is 0 Å². The lowest BCUT2D eigenvalue weighted by Crippen LogP contribution is -2.43. The predicted octanol–water partition coefficient (Wildman–Crippen LogP) is 2.16. The number of hydrogen-bond donors (Lipinski definition) is 2. The second kappa shape index (κ2) is 6.24. The molecule has 0 saturated heterocycles. The van der Waals surface area contributed by atoms with Crippen LogP contribution in [0.1, 0.15) is 48.0 Å². The van der Waals surface area contributed by atoms with Gasteiger partial charge in [-0.2, -0.15) is 0 Å². The monoisotopic (exact) mass is 228 g/mol. The van der Waals surface area contributed by atoms with Crippen molar-refractivity contribution < 1.29 is 4.79 Å². The Morgan fingerprint density at radius 1 is 1.25 bits per heavy atom. The molecule has 3 N–H and O–H groups in total. The molecular formula is C13H28N2O. The summed E-state index contributed by atoms with van der Waals surface area (Å²) in [4.78, 5) is 12.0. The molecule has 0 radical (unpaired) electrons. The van der Waals surface area contributed by atoms with E-state index in [1.165, 1.54) is 0 Å². The van der Waals surface area contributed by atoms with E-state index in [1.54, 1.807) is 0 Å². The molecule has 16 heavy (non-hydrogen) atoms. The topological polar surface area (TPSA) is 55.1 Å². The maximum Gasteiger partial charge on any atom is 0.224 e. The lowest BCUT2D eigenvalue weighted by molar-refractivity contribution is -0.126. The van der Waals surface area contributed by atoms with Gasteiger partial charge in [-0.15, -0.1) is 0 Å². The Hall–Kier alpha value is -0.570. The largest absolute Gasteiger partial charge is 0.353 e. The number of nitrogens with two attached hydrogens (primary N) is 1. The fourth-order valence-corrected chi connectivity index (χ4v) is 1.53. The summed E-state index contributed by atoms with van der Waals surface area (Å²) in [6.45, 7) is 13.1. The molecule has 0 rings (SSSR count). The number of carbonyl (C=O) groups is 1. The Labute approximate surface area is 100 Å². The van der Waals surface area contributed by atoms with E-state index in [2.05, 4.69) is 39.9 Å². The number of amides is 1. The second-order valence-corrected chi connectivity index (χ2v) is 6.24. The molecular weight excluding hydrogens is 200 g/mol. The van der Waals surface area contributed by atoms with Crippen LogP contribution >= 0.6 is 0 Å². The molecule has 2 unspecified atom stereocenters. The molecule has 0 aliphatic heterocycles. The third-order valence-electron chi connectivity index (χ3n) is 2.88. The van der Waals surface area contributed by atoms with Gasteiger partial charge in [-0.3, -0.25) is 4.79 Å². The van der Waals surface area contributed by atoms with Gasteiger partial charge < -0.3 is 11.1 Å². The number of carbonyl (C=O) groups excluding carboxylic acids is 1. The zero-order valence-electron chi connectivity index (χ0n) is 11.6. The normalized spacial score (nSPS) is 16.0. The van der Waals surface area contributed by atoms with Crippen LogP contribution in [-0.2, 0) is 4.79 Å². The second-order valence-electron chi connectivity index (χ2n) is 6.24. The standard InChI is InChI=1S/C13H28N2O/c1-9(2)10(3)15-12(16)11(8-14)7-13(4,5)6/h9-11H,7-8,14H2,1-6H3,(H,15,16). The molecule has 0 saturated carbocycles. The minimum atomic E-state index is -0.0683. The number of rotatable bonds is 5. The van der Waals surface area contributed by atoms with Crippen molar-refractivity contribution in [1.29, 1.82) is 0 Å². The van der Waals surface area contributed by atoms with Crippen molar-refractivity contribution in [2.45, 2.75) is 54.0 Å². The quantitative estimate of drug-likeness (QED) is 0.757. The Kier molecular flexibility index (Phi) is 6.01. The van der Waals surface area contributed by atoms with E-state index >= 15 is 0 Å². The summed E-state index contributed by atoms with van der Waals surface area (Å²) in [6, 6.07) is 0.210. The van der Waals surface area contributed by atoms with E-state index in [1.807, 2.05) is 6.92 Å². The third-order valence-corrected chi connectivity index (χ3v) is 2.88. The molecule has 0 fully saturated rings. The van der Waals surface area contributed by atoms with Gasteiger partial charge in [0.1, 0.15) is 0 Å². The van der Waals surface area contributed by atoms with Gasteiger partial charge in [-0.05, 0) is 24.7 Å². The van der Waals surface area contributed by atoms with Gasteiger partial charge in [0.25, 0.3) is 0 Å². The summed E-state index contributed by atoms with van der Waals surface area (Å²) in [5.41, 5.74) is 5.81. The van der Waals surface area contributed by atoms with Crippen molar-refractivity contribution >= 4 is 5.91 Å². The minimum absolute atomic E-state index is 0.0683. The summed E-state index contributed by atoms with van der Waals surface area (Å²) in [5, 5.41) is 3.03. The van der Waals surface area contributed by atoms with Gasteiger partial charge in [0.05, 0.1) is 5.92 Å². The third kappa shape index (κ3) is 6.11. The van der Waals surface area contributed by atoms with Crippen LogP contribution in [0, 0.1) is 17.3 Å². The molecule has 0 bridgehead atoms. The number of nitrogens with one attached hydrogen (secondary N) is 1. The fourth-order valence-electron chi connectivity index (χ4n) is 1.53. The van der Waals surface area contributed by atoms with Gasteiger partial charge in [0.15, 0.2) is 0 Å². The molecule has 96 valence electrons. The van der Waals surface area contributed by atoms with Crippen molar-refractivity contribution in [2.24, 2.45) is 23.0 Å². The maximum atomic E-state index is 12.0. The van der Waals surface area contributed by atoms with E-state index in [0.717, 1.165) is 6.42 Å². The van der Waals surface area contributed by atoms with Crippen LogP contribution in [0.5, 0.6) is 0 Å². The summed E-state index contributed by atoms with van der Waals surface area (Å²) in [6.07, 6.45) is 0.833. The molecule has 0 heterocycles. The van der Waals surface area contributed by atoms with Crippen LogP contribution in [0.25, 0.3) is 0 Å². The summed E-state index contributed by atoms with van der Waals surface area (Å²) >= 11 is 0. The van der Waals surface area contributed by atoms with E-state index in [4.69, 9.17) is 5.73 Å². The molecule has 2 atom stereocenters. The highest BCUT2D eigenvalue weighted by Gasteiger charge is 2.24. The molecule has 3 nitrogen and oxygen atoms in total. The summed E-state index contributed by atoms with van der Waals surface area (Å²) in [7, 11) is 0. The molecule has 0 aromatic rings. The van der Waals surface area contributed by atoms with E-state index < -0.39 is 0 Å². The van der Waals surface area contributed by atoms with Crippen molar-refractivity contribution in [3.05, 3.63) is 0 Å². The zero-order chi connectivity index (χ0) is 12.9. The van der Waals surface area contributed by atoms with Gasteiger partial charge in [-0.25, -0.2) is 0 Å². The number of hydrogen-bond acceptors (Lipinski definition) is 2. The van der Waals surface area contributed by atoms with Crippen molar-refractivity contribution in [1.82, 2.24) is 5.32 Å². The lowest BCUT2D eigenvalue weighted by Gasteiger charge is -2.26. The molecule has 0 aromatic carbocycles. The van der Waals surface area contributed by atoms with Crippen LogP contribution in [0.2, 0.25) is 0 Å². The SMILES string of the molecule is CC(C)C(C)NC(=O)C(CN)CC(C)(C)C. The first-order valence-corrected chi connectivity index (χ1v) is 6.18. The van der Waals surface area contributed by atoms with Crippen molar-refractivity contribution in [3.63, 3.8) is 0 Å². The van der Waals surface area contributed by atoms with E-state index in [0.29, 0.717) is 12.5 Å². The molecule has 0 aromatic heterocycles. The Bertz CT molecular complexity index is 218. The highest BCUT2D eigenvalue weighted by Crippen LogP contribution is 2.24. The van der Waals surface area contributed by atoms with Crippen LogP contribution in [0.3, 0.4) is 0 Å². The van der Waals surface area contributed by atoms with Crippen molar-refractivity contribution in [2.75, 3.05) is 6.54 Å². The molecule has 1 amide bonds. The van der Waals surface area contributed by atoms with Crippen LogP contribution < -0.4 is 11.1 Å². The summed E-state index contributed by atoms with van der Waals surface area (Å²) in [5.74, 6) is 0.483. The first-order chi connectivity index (χ1) is 7.17. The van der Waals surface area contributed by atoms with Gasteiger partial charge in [-0.1, -0.05) is 34.6 Å². The highest BCUT2D eigenvalue weighted by atomic mass is 16.1. The average Bonchev–Trinajstić information content (AvgIpc) is 2.12. The van der Waals surface area contributed by atoms with Gasteiger partial charge >= 0.3 is 0 Å². The lowest BCUT2D eigenvalue weighted by atomic mass is 9.84. The smallest absolute Gasteiger partial charge is 0.224 e. The van der Waals surface area contributed by atoms with E-state index in [9.17, 15) is 4.79 Å². The van der Waals surface area contributed by atoms with Crippen LogP contribution in [-0.4, -0.2) is 18.5 Å². The first-order valence-electron chi connectivity index (χ1n) is 6.18.